The Kier molecular flexibility index (Phi) is 5.01. The summed E-state index contributed by atoms with van der Waals surface area (Å²) >= 11 is 0. The molecule has 6 nitrogen and oxygen atoms in total. The van der Waals surface area contributed by atoms with E-state index in [0.29, 0.717) is 29.0 Å². The minimum atomic E-state index is -0.653. The van der Waals surface area contributed by atoms with Crippen molar-refractivity contribution in [3.8, 4) is 5.75 Å². The molecule has 1 amide bonds. The van der Waals surface area contributed by atoms with E-state index >= 15 is 0 Å². The quantitative estimate of drug-likeness (QED) is 0.433. The van der Waals surface area contributed by atoms with Crippen molar-refractivity contribution in [2.45, 2.75) is 33.7 Å². The minimum Gasteiger partial charge on any atom is -0.494 e. The summed E-state index contributed by atoms with van der Waals surface area (Å²) in [5.41, 5.74) is 4.29. The van der Waals surface area contributed by atoms with Crippen molar-refractivity contribution in [2.24, 2.45) is 0 Å². The average Bonchev–Trinajstić information content (AvgIpc) is 3.09. The van der Waals surface area contributed by atoms with Gasteiger partial charge in [-0.25, -0.2) is 4.98 Å². The Bertz CT molecular complexity index is 1450. The molecule has 1 atom stereocenters. The van der Waals surface area contributed by atoms with Crippen molar-refractivity contribution < 1.29 is 13.9 Å². The second kappa shape index (κ2) is 7.89. The predicted octanol–water partition coefficient (Wildman–Crippen LogP) is 5.26. The fraction of sp³-hybridized carbons (Fsp3) is 0.222. The summed E-state index contributed by atoms with van der Waals surface area (Å²) in [6.45, 7) is 8.33. The zero-order chi connectivity index (χ0) is 23.3. The number of benzene rings is 2. The molecule has 1 unspecified atom stereocenters. The summed E-state index contributed by atoms with van der Waals surface area (Å²) in [7, 11) is 0. The van der Waals surface area contributed by atoms with Crippen LogP contribution in [0, 0.1) is 20.8 Å². The molecule has 3 heterocycles. The number of ether oxygens (including phenoxy) is 1. The first-order valence-corrected chi connectivity index (χ1v) is 11.0. The standard InChI is InChI=1S/C27H24N2O4/c1-5-32-19-8-6-18(7-9-19)24-23-25(30)20-13-16(3)17(4)14-21(20)33-26(23)27(31)29(24)22-12-15(2)10-11-28-22/h6-14,24H,5H2,1-4H3. The van der Waals surface area contributed by atoms with Crippen LogP contribution in [0.2, 0.25) is 0 Å². The van der Waals surface area contributed by atoms with Crippen LogP contribution < -0.4 is 15.1 Å². The lowest BCUT2D eigenvalue weighted by molar-refractivity contribution is 0.0970. The summed E-state index contributed by atoms with van der Waals surface area (Å²) in [5.74, 6) is 0.890. The van der Waals surface area contributed by atoms with Crippen molar-refractivity contribution in [1.29, 1.82) is 0 Å². The van der Waals surface area contributed by atoms with Gasteiger partial charge in [-0.05, 0) is 86.3 Å². The van der Waals surface area contributed by atoms with E-state index in [1.165, 1.54) is 0 Å². The molecule has 0 aliphatic carbocycles. The summed E-state index contributed by atoms with van der Waals surface area (Å²) in [6.07, 6.45) is 1.66. The summed E-state index contributed by atoms with van der Waals surface area (Å²) in [6, 6.07) is 14.2. The van der Waals surface area contributed by atoms with Crippen molar-refractivity contribution >= 4 is 22.7 Å². The lowest BCUT2D eigenvalue weighted by Crippen LogP contribution is -2.30. The number of nitrogens with zero attached hydrogens (tertiary/aromatic N) is 2. The fourth-order valence-electron chi connectivity index (χ4n) is 4.34. The second-order valence-electron chi connectivity index (χ2n) is 8.38. The van der Waals surface area contributed by atoms with Gasteiger partial charge in [-0.2, -0.15) is 0 Å². The molecule has 0 spiro atoms. The minimum absolute atomic E-state index is 0.0675. The number of pyridine rings is 1. The van der Waals surface area contributed by atoms with Crippen LogP contribution in [-0.4, -0.2) is 17.5 Å². The monoisotopic (exact) mass is 440 g/mol. The largest absolute Gasteiger partial charge is 0.494 e. The van der Waals surface area contributed by atoms with Gasteiger partial charge in [-0.1, -0.05) is 12.1 Å². The van der Waals surface area contributed by atoms with E-state index in [1.807, 2.05) is 76.2 Å². The van der Waals surface area contributed by atoms with E-state index in [2.05, 4.69) is 4.98 Å². The highest BCUT2D eigenvalue weighted by molar-refractivity contribution is 6.10. The molecule has 6 heteroatoms. The Morgan fingerprint density at radius 3 is 2.42 bits per heavy atom. The first-order valence-electron chi connectivity index (χ1n) is 11.0. The van der Waals surface area contributed by atoms with E-state index in [4.69, 9.17) is 9.15 Å². The van der Waals surface area contributed by atoms with Gasteiger partial charge in [-0.15, -0.1) is 0 Å². The Hall–Kier alpha value is -3.93. The highest BCUT2D eigenvalue weighted by Crippen LogP contribution is 2.41. The number of fused-ring (bicyclic) bond motifs is 2. The van der Waals surface area contributed by atoms with Crippen LogP contribution >= 0.6 is 0 Å². The van der Waals surface area contributed by atoms with E-state index in [0.717, 1.165) is 28.0 Å². The van der Waals surface area contributed by atoms with Crippen LogP contribution in [-0.2, 0) is 0 Å². The number of carbonyl (C=O) groups excluding carboxylic acids is 1. The van der Waals surface area contributed by atoms with Gasteiger partial charge in [0.25, 0.3) is 5.91 Å². The molecule has 0 N–H and O–H groups in total. The van der Waals surface area contributed by atoms with E-state index in [-0.39, 0.29) is 17.1 Å². The smallest absolute Gasteiger partial charge is 0.296 e. The van der Waals surface area contributed by atoms with Crippen LogP contribution in [0.25, 0.3) is 11.0 Å². The summed E-state index contributed by atoms with van der Waals surface area (Å²) in [4.78, 5) is 33.4. The molecule has 2 aromatic heterocycles. The molecular weight excluding hydrogens is 416 g/mol. The molecule has 1 aliphatic heterocycles. The number of carbonyl (C=O) groups is 1. The number of anilines is 1. The van der Waals surface area contributed by atoms with Crippen LogP contribution in [0.15, 0.2) is 63.9 Å². The van der Waals surface area contributed by atoms with Crippen molar-refractivity contribution in [3.63, 3.8) is 0 Å². The summed E-state index contributed by atoms with van der Waals surface area (Å²) in [5, 5.41) is 0.472. The van der Waals surface area contributed by atoms with Gasteiger partial charge in [0.15, 0.2) is 5.43 Å². The molecule has 5 rings (SSSR count). The molecule has 33 heavy (non-hydrogen) atoms. The van der Waals surface area contributed by atoms with Crippen LogP contribution in [0.5, 0.6) is 5.75 Å². The Morgan fingerprint density at radius 2 is 1.73 bits per heavy atom. The first-order chi connectivity index (χ1) is 15.9. The summed E-state index contributed by atoms with van der Waals surface area (Å²) < 4.78 is 11.7. The molecule has 1 aliphatic rings. The lowest BCUT2D eigenvalue weighted by Gasteiger charge is -2.24. The Labute approximate surface area is 191 Å². The number of hydrogen-bond acceptors (Lipinski definition) is 5. The second-order valence-corrected chi connectivity index (χ2v) is 8.38. The molecule has 166 valence electrons. The Balaban J connectivity index is 1.78. The molecule has 0 bridgehead atoms. The van der Waals surface area contributed by atoms with Crippen molar-refractivity contribution in [1.82, 2.24) is 4.98 Å². The van der Waals surface area contributed by atoms with Crippen LogP contribution in [0.4, 0.5) is 5.82 Å². The normalized spacial score (nSPS) is 15.2. The third-order valence-corrected chi connectivity index (χ3v) is 6.14. The first kappa shape index (κ1) is 20.9. The van der Waals surface area contributed by atoms with Crippen molar-refractivity contribution in [2.75, 3.05) is 11.5 Å². The molecule has 0 fully saturated rings. The zero-order valence-electron chi connectivity index (χ0n) is 19.0. The third kappa shape index (κ3) is 3.39. The average molecular weight is 440 g/mol. The number of rotatable bonds is 4. The maximum absolute atomic E-state index is 13.7. The van der Waals surface area contributed by atoms with Gasteiger partial charge < -0.3 is 9.15 Å². The number of amides is 1. The highest BCUT2D eigenvalue weighted by Gasteiger charge is 2.44. The van der Waals surface area contributed by atoms with Gasteiger partial charge in [0.1, 0.15) is 17.2 Å². The maximum atomic E-state index is 13.7. The van der Waals surface area contributed by atoms with E-state index in [9.17, 15) is 9.59 Å². The molecule has 2 aromatic carbocycles. The molecule has 0 saturated carbocycles. The van der Waals surface area contributed by atoms with E-state index in [1.54, 1.807) is 11.1 Å². The Morgan fingerprint density at radius 1 is 1.00 bits per heavy atom. The van der Waals surface area contributed by atoms with E-state index < -0.39 is 6.04 Å². The van der Waals surface area contributed by atoms with Gasteiger partial charge in [-0.3, -0.25) is 14.5 Å². The maximum Gasteiger partial charge on any atom is 0.296 e. The third-order valence-electron chi connectivity index (χ3n) is 6.14. The lowest BCUT2D eigenvalue weighted by atomic mass is 9.97. The van der Waals surface area contributed by atoms with Gasteiger partial charge in [0.05, 0.1) is 23.6 Å². The SMILES string of the molecule is CCOc1ccc(C2c3c(oc4cc(C)c(C)cc4c3=O)C(=O)N2c2cc(C)ccn2)cc1. The predicted molar refractivity (Wildman–Crippen MR) is 127 cm³/mol. The molecule has 4 aromatic rings. The number of aryl methyl sites for hydroxylation is 3. The number of aromatic nitrogens is 1. The van der Waals surface area contributed by atoms with Gasteiger partial charge in [0, 0.05) is 6.20 Å². The zero-order valence-corrected chi connectivity index (χ0v) is 19.0. The van der Waals surface area contributed by atoms with Crippen LogP contribution in [0.3, 0.4) is 0 Å². The van der Waals surface area contributed by atoms with Crippen LogP contribution in [0.1, 0.15) is 51.3 Å². The topological polar surface area (TPSA) is 72.6 Å². The van der Waals surface area contributed by atoms with Gasteiger partial charge in [0.2, 0.25) is 5.76 Å². The molecular formula is C27H24N2O4. The van der Waals surface area contributed by atoms with Gasteiger partial charge >= 0.3 is 0 Å². The van der Waals surface area contributed by atoms with Crippen molar-refractivity contribution in [3.05, 3.63) is 98.5 Å². The molecule has 0 saturated heterocycles. The highest BCUT2D eigenvalue weighted by atomic mass is 16.5. The molecule has 0 radical (unpaired) electrons. The number of hydrogen-bond donors (Lipinski definition) is 0. The fourth-order valence-corrected chi connectivity index (χ4v) is 4.34.